The van der Waals surface area contributed by atoms with E-state index in [-0.39, 0.29) is 17.7 Å². The molecule has 142 valence electrons. The van der Waals surface area contributed by atoms with Crippen molar-refractivity contribution >= 4 is 11.8 Å². The maximum atomic E-state index is 12.5. The van der Waals surface area contributed by atoms with Gasteiger partial charge in [-0.25, -0.2) is 0 Å². The topological polar surface area (TPSA) is 49.4 Å². The Morgan fingerprint density at radius 1 is 1.00 bits per heavy atom. The highest BCUT2D eigenvalue weighted by Crippen LogP contribution is 2.19. The zero-order chi connectivity index (χ0) is 19.1. The fraction of sp³-hybridized carbons (Fsp3) is 0.391. The van der Waals surface area contributed by atoms with E-state index < -0.39 is 0 Å². The molecule has 1 atom stereocenters. The fourth-order valence-corrected chi connectivity index (χ4v) is 3.62. The number of carbonyl (C=O) groups is 2. The van der Waals surface area contributed by atoms with Crippen molar-refractivity contribution in [3.8, 4) is 0 Å². The van der Waals surface area contributed by atoms with Crippen LogP contribution in [0.15, 0.2) is 60.7 Å². The molecule has 0 aliphatic carbocycles. The third-order valence-corrected chi connectivity index (χ3v) is 5.23. The summed E-state index contributed by atoms with van der Waals surface area (Å²) in [4.78, 5) is 26.8. The molecule has 1 N–H and O–H groups in total. The summed E-state index contributed by atoms with van der Waals surface area (Å²) in [6.07, 6.45) is 2.43. The first-order chi connectivity index (χ1) is 13.1. The van der Waals surface area contributed by atoms with E-state index in [0.29, 0.717) is 25.6 Å². The number of hydrogen-bond acceptors (Lipinski definition) is 2. The van der Waals surface area contributed by atoms with Crippen molar-refractivity contribution in [1.82, 2.24) is 10.2 Å². The van der Waals surface area contributed by atoms with Crippen molar-refractivity contribution in [2.75, 3.05) is 19.6 Å². The Balaban J connectivity index is 1.41. The predicted molar refractivity (Wildman–Crippen MR) is 107 cm³/mol. The van der Waals surface area contributed by atoms with E-state index in [1.165, 1.54) is 5.56 Å². The maximum Gasteiger partial charge on any atom is 0.253 e. The minimum Gasteiger partial charge on any atom is -0.356 e. The van der Waals surface area contributed by atoms with Crippen LogP contribution in [0.1, 0.15) is 35.7 Å². The van der Waals surface area contributed by atoms with E-state index >= 15 is 0 Å². The monoisotopic (exact) mass is 364 g/mol. The number of hydrogen-bond donors (Lipinski definition) is 1. The van der Waals surface area contributed by atoms with Crippen molar-refractivity contribution in [2.24, 2.45) is 11.8 Å². The minimum atomic E-state index is 0.00810. The first kappa shape index (κ1) is 19.2. The van der Waals surface area contributed by atoms with Crippen LogP contribution in [0.25, 0.3) is 0 Å². The molecule has 1 heterocycles. The normalized spacial score (nSPS) is 16.0. The first-order valence-corrected chi connectivity index (χ1v) is 9.79. The van der Waals surface area contributed by atoms with Gasteiger partial charge in [0.2, 0.25) is 5.91 Å². The molecule has 2 amide bonds. The van der Waals surface area contributed by atoms with Crippen molar-refractivity contribution < 1.29 is 9.59 Å². The van der Waals surface area contributed by atoms with Crippen LogP contribution in [-0.2, 0) is 11.2 Å². The Morgan fingerprint density at radius 3 is 2.22 bits per heavy atom. The van der Waals surface area contributed by atoms with Gasteiger partial charge in [-0.1, -0.05) is 55.5 Å². The Kier molecular flexibility index (Phi) is 6.64. The summed E-state index contributed by atoms with van der Waals surface area (Å²) in [6.45, 7) is 4.14. The molecule has 1 saturated heterocycles. The number of nitrogens with one attached hydrogen (secondary N) is 1. The molecule has 2 aromatic carbocycles. The molecule has 27 heavy (non-hydrogen) atoms. The van der Waals surface area contributed by atoms with Gasteiger partial charge in [0.15, 0.2) is 0 Å². The van der Waals surface area contributed by atoms with E-state index in [9.17, 15) is 9.59 Å². The molecule has 1 unspecified atom stereocenters. The molecule has 1 aliphatic rings. The van der Waals surface area contributed by atoms with Gasteiger partial charge < -0.3 is 10.2 Å². The average Bonchev–Trinajstić information content (AvgIpc) is 2.73. The quantitative estimate of drug-likeness (QED) is 0.852. The summed E-state index contributed by atoms with van der Waals surface area (Å²) in [5.74, 6) is 0.595. The first-order valence-electron chi connectivity index (χ1n) is 9.79. The standard InChI is InChI=1S/C23H28N2O2/c1-18(16-19-8-4-2-5-9-19)17-24-22(26)20-12-14-25(15-13-20)23(27)21-10-6-3-7-11-21/h2-11,18,20H,12-17H2,1H3,(H,24,26). The summed E-state index contributed by atoms with van der Waals surface area (Å²) in [5, 5.41) is 3.11. The Labute approximate surface area is 161 Å². The molecule has 0 saturated carbocycles. The number of benzene rings is 2. The zero-order valence-electron chi connectivity index (χ0n) is 15.9. The molecule has 0 spiro atoms. The van der Waals surface area contributed by atoms with E-state index in [1.54, 1.807) is 0 Å². The van der Waals surface area contributed by atoms with E-state index in [2.05, 4.69) is 24.4 Å². The van der Waals surface area contributed by atoms with E-state index in [4.69, 9.17) is 0 Å². The Morgan fingerprint density at radius 2 is 1.59 bits per heavy atom. The van der Waals surface area contributed by atoms with Crippen LogP contribution in [-0.4, -0.2) is 36.3 Å². The Hall–Kier alpha value is -2.62. The smallest absolute Gasteiger partial charge is 0.253 e. The van der Waals surface area contributed by atoms with Crippen LogP contribution in [0.2, 0.25) is 0 Å². The van der Waals surface area contributed by atoms with Gasteiger partial charge in [0.25, 0.3) is 5.91 Å². The third kappa shape index (κ3) is 5.43. The SMILES string of the molecule is CC(CNC(=O)C1CCN(C(=O)c2ccccc2)CC1)Cc1ccccc1. The van der Waals surface area contributed by atoms with Gasteiger partial charge in [0, 0.05) is 31.1 Å². The number of amides is 2. The van der Waals surface area contributed by atoms with E-state index in [0.717, 1.165) is 24.8 Å². The molecular formula is C23H28N2O2. The molecule has 4 nitrogen and oxygen atoms in total. The highest BCUT2D eigenvalue weighted by molar-refractivity contribution is 5.94. The summed E-state index contributed by atoms with van der Waals surface area (Å²) in [7, 11) is 0. The molecule has 1 aliphatic heterocycles. The largest absolute Gasteiger partial charge is 0.356 e. The van der Waals surface area contributed by atoms with Crippen LogP contribution in [0.4, 0.5) is 0 Å². The molecule has 4 heteroatoms. The van der Waals surface area contributed by atoms with Gasteiger partial charge in [-0.2, -0.15) is 0 Å². The van der Waals surface area contributed by atoms with Crippen molar-refractivity contribution in [3.05, 3.63) is 71.8 Å². The summed E-state index contributed by atoms with van der Waals surface area (Å²) in [5.41, 5.74) is 2.02. The highest BCUT2D eigenvalue weighted by atomic mass is 16.2. The lowest BCUT2D eigenvalue weighted by Gasteiger charge is -2.31. The molecule has 0 aromatic heterocycles. The lowest BCUT2D eigenvalue weighted by atomic mass is 9.94. The van der Waals surface area contributed by atoms with Gasteiger partial charge in [-0.15, -0.1) is 0 Å². The second kappa shape index (κ2) is 9.36. The van der Waals surface area contributed by atoms with Crippen molar-refractivity contribution in [1.29, 1.82) is 0 Å². The number of likely N-dealkylation sites (tertiary alicyclic amines) is 1. The summed E-state index contributed by atoms with van der Waals surface area (Å²) < 4.78 is 0. The fourth-order valence-electron chi connectivity index (χ4n) is 3.62. The second-order valence-corrected chi connectivity index (χ2v) is 7.47. The number of rotatable bonds is 6. The molecule has 3 rings (SSSR count). The lowest BCUT2D eigenvalue weighted by Crippen LogP contribution is -2.43. The van der Waals surface area contributed by atoms with Crippen LogP contribution < -0.4 is 5.32 Å². The van der Waals surface area contributed by atoms with Crippen molar-refractivity contribution in [3.63, 3.8) is 0 Å². The molecule has 2 aromatic rings. The van der Waals surface area contributed by atoms with Gasteiger partial charge in [-0.3, -0.25) is 9.59 Å². The number of nitrogens with zero attached hydrogens (tertiary/aromatic N) is 1. The highest BCUT2D eigenvalue weighted by Gasteiger charge is 2.27. The van der Waals surface area contributed by atoms with Crippen LogP contribution >= 0.6 is 0 Å². The number of carbonyl (C=O) groups excluding carboxylic acids is 2. The predicted octanol–water partition coefficient (Wildman–Crippen LogP) is 3.53. The molecule has 1 fully saturated rings. The lowest BCUT2D eigenvalue weighted by molar-refractivity contribution is -0.126. The van der Waals surface area contributed by atoms with Gasteiger partial charge in [0.1, 0.15) is 0 Å². The summed E-state index contributed by atoms with van der Waals surface area (Å²) >= 11 is 0. The van der Waals surface area contributed by atoms with E-state index in [1.807, 2.05) is 53.4 Å². The minimum absolute atomic E-state index is 0.00810. The Bertz CT molecular complexity index is 737. The zero-order valence-corrected chi connectivity index (χ0v) is 15.9. The third-order valence-electron chi connectivity index (χ3n) is 5.23. The average molecular weight is 364 g/mol. The summed E-state index contributed by atoms with van der Waals surface area (Å²) in [6, 6.07) is 19.7. The van der Waals surface area contributed by atoms with Crippen molar-refractivity contribution in [2.45, 2.75) is 26.2 Å². The van der Waals surface area contributed by atoms with Crippen LogP contribution in [0.3, 0.4) is 0 Å². The molecular weight excluding hydrogens is 336 g/mol. The van der Waals surface area contributed by atoms with Crippen LogP contribution in [0.5, 0.6) is 0 Å². The molecule has 0 radical (unpaired) electrons. The van der Waals surface area contributed by atoms with Gasteiger partial charge in [0.05, 0.1) is 0 Å². The maximum absolute atomic E-state index is 12.5. The van der Waals surface area contributed by atoms with Gasteiger partial charge >= 0.3 is 0 Å². The van der Waals surface area contributed by atoms with Gasteiger partial charge in [-0.05, 0) is 42.9 Å². The van der Waals surface area contributed by atoms with Crippen LogP contribution in [0, 0.1) is 11.8 Å². The molecule has 0 bridgehead atoms. The number of piperidine rings is 1. The second-order valence-electron chi connectivity index (χ2n) is 7.47.